The van der Waals surface area contributed by atoms with Crippen LogP contribution < -0.4 is 14.2 Å². The van der Waals surface area contributed by atoms with Crippen LogP contribution in [0.5, 0.6) is 23.1 Å². The fraction of sp³-hybridized carbons (Fsp3) is 0.250. The third-order valence-corrected chi connectivity index (χ3v) is 5.71. The molecule has 36 heavy (non-hydrogen) atoms. The van der Waals surface area contributed by atoms with E-state index >= 15 is 0 Å². The van der Waals surface area contributed by atoms with Crippen molar-refractivity contribution in [1.29, 1.82) is 0 Å². The van der Waals surface area contributed by atoms with Crippen molar-refractivity contribution in [2.24, 2.45) is 12.2 Å². The van der Waals surface area contributed by atoms with E-state index in [-0.39, 0.29) is 11.1 Å². The molecule has 0 saturated carbocycles. The van der Waals surface area contributed by atoms with Crippen molar-refractivity contribution in [2.75, 3.05) is 19.8 Å². The number of aromatic nitrogens is 2. The Labute approximate surface area is 234 Å². The quantitative estimate of drug-likeness (QED) is 0.121. The van der Waals surface area contributed by atoms with Crippen LogP contribution >= 0.6 is 58.0 Å². The first-order valence-electron chi connectivity index (χ1n) is 10.6. The molecule has 0 atom stereocenters. The number of hydrogen-bond donors (Lipinski definition) is 0. The maximum atomic E-state index is 6.27. The molecule has 0 bridgehead atoms. The molecular weight excluding hydrogens is 572 g/mol. The van der Waals surface area contributed by atoms with E-state index < -0.39 is 0 Å². The predicted octanol–water partition coefficient (Wildman–Crippen LogP) is 8.00. The summed E-state index contributed by atoms with van der Waals surface area (Å²) in [6, 6.07) is 10.2. The minimum absolute atomic E-state index is 0.112. The van der Waals surface area contributed by atoms with Crippen molar-refractivity contribution in [2.45, 2.75) is 13.3 Å². The molecule has 3 rings (SSSR count). The molecular formula is C24H22Cl5N3O4. The van der Waals surface area contributed by atoms with Gasteiger partial charge in [0.05, 0.1) is 34.1 Å². The maximum absolute atomic E-state index is 6.27. The summed E-state index contributed by atoms with van der Waals surface area (Å²) in [6.07, 6.45) is 3.61. The molecule has 0 unspecified atom stereocenters. The van der Waals surface area contributed by atoms with Crippen molar-refractivity contribution < 1.29 is 19.0 Å². The molecule has 0 aliphatic rings. The topological polar surface area (TPSA) is 67.1 Å². The molecule has 2 aromatic carbocycles. The minimum Gasteiger partial charge on any atom is -0.490 e. The maximum Gasteiger partial charge on any atom is 0.226 e. The van der Waals surface area contributed by atoms with E-state index in [0.29, 0.717) is 63.4 Å². The number of hydrogen-bond acceptors (Lipinski definition) is 6. The SMILES string of the molecule is Cc1nn(C)c(Oc2ccc(Cl)cc2)c1/C=N/OCCCOc1c(Cl)cc(OCC=C(Cl)Cl)cc1Cl. The van der Waals surface area contributed by atoms with Gasteiger partial charge in [0.2, 0.25) is 5.88 Å². The lowest BCUT2D eigenvalue weighted by molar-refractivity contribution is 0.129. The van der Waals surface area contributed by atoms with Gasteiger partial charge in [-0.3, -0.25) is 0 Å². The average Bonchev–Trinajstić information content (AvgIpc) is 3.08. The van der Waals surface area contributed by atoms with Crippen molar-refractivity contribution in [1.82, 2.24) is 9.78 Å². The molecule has 0 fully saturated rings. The Kier molecular flexibility index (Phi) is 10.9. The summed E-state index contributed by atoms with van der Waals surface area (Å²) in [5, 5.41) is 9.68. The fourth-order valence-corrected chi connectivity index (χ4v) is 3.76. The van der Waals surface area contributed by atoms with E-state index in [2.05, 4.69) is 10.3 Å². The number of benzene rings is 2. The molecule has 0 radical (unpaired) electrons. The second-order valence-electron chi connectivity index (χ2n) is 7.27. The summed E-state index contributed by atoms with van der Waals surface area (Å²) in [6.45, 7) is 2.67. The van der Waals surface area contributed by atoms with Gasteiger partial charge in [0.25, 0.3) is 0 Å². The Morgan fingerprint density at radius 1 is 1.00 bits per heavy atom. The zero-order chi connectivity index (χ0) is 26.1. The van der Waals surface area contributed by atoms with Crippen molar-refractivity contribution in [3.8, 4) is 23.1 Å². The van der Waals surface area contributed by atoms with Gasteiger partial charge in [-0.15, -0.1) is 0 Å². The fourth-order valence-electron chi connectivity index (χ4n) is 2.94. The highest BCUT2D eigenvalue weighted by molar-refractivity contribution is 6.55. The number of nitrogens with zero attached hydrogens (tertiary/aromatic N) is 3. The zero-order valence-electron chi connectivity index (χ0n) is 19.3. The lowest BCUT2D eigenvalue weighted by Crippen LogP contribution is -2.03. The molecule has 7 nitrogen and oxygen atoms in total. The van der Waals surface area contributed by atoms with Gasteiger partial charge >= 0.3 is 0 Å². The summed E-state index contributed by atoms with van der Waals surface area (Å²) in [4.78, 5) is 5.37. The molecule has 0 aliphatic carbocycles. The predicted molar refractivity (Wildman–Crippen MR) is 145 cm³/mol. The smallest absolute Gasteiger partial charge is 0.226 e. The van der Waals surface area contributed by atoms with Gasteiger partial charge < -0.3 is 19.0 Å². The summed E-state index contributed by atoms with van der Waals surface area (Å²) in [7, 11) is 1.79. The standard InChI is InChI=1S/C24H22Cl5N3O4/c1-15-19(24(32(2)31-15)36-17-6-4-16(25)5-7-17)14-30-35-10-3-9-34-23-20(26)12-18(13-21(23)27)33-11-8-22(28)29/h4-8,12-14H,3,9-11H2,1-2H3/b30-14+. The van der Waals surface area contributed by atoms with Crippen molar-refractivity contribution in [3.05, 3.63) is 73.3 Å². The van der Waals surface area contributed by atoms with Crippen LogP contribution in [0.15, 0.2) is 52.1 Å². The van der Waals surface area contributed by atoms with Gasteiger partial charge in [0.1, 0.15) is 29.2 Å². The zero-order valence-corrected chi connectivity index (χ0v) is 23.1. The molecule has 1 heterocycles. The van der Waals surface area contributed by atoms with E-state index in [1.807, 2.05) is 6.92 Å². The molecule has 1 aromatic heterocycles. The van der Waals surface area contributed by atoms with E-state index in [9.17, 15) is 0 Å². The normalized spacial score (nSPS) is 11.0. The van der Waals surface area contributed by atoms with E-state index in [1.165, 1.54) is 6.08 Å². The van der Waals surface area contributed by atoms with Gasteiger partial charge in [-0.05, 0) is 37.3 Å². The Bertz CT molecular complexity index is 1200. The van der Waals surface area contributed by atoms with Gasteiger partial charge in [-0.2, -0.15) is 5.10 Å². The molecule has 192 valence electrons. The molecule has 0 amide bonds. The number of aryl methyl sites for hydroxylation is 2. The van der Waals surface area contributed by atoms with Gasteiger partial charge in [-0.25, -0.2) is 4.68 Å². The molecule has 0 aliphatic heterocycles. The highest BCUT2D eigenvalue weighted by Crippen LogP contribution is 2.37. The van der Waals surface area contributed by atoms with Crippen LogP contribution in [0.1, 0.15) is 17.7 Å². The highest BCUT2D eigenvalue weighted by atomic mass is 35.5. The van der Waals surface area contributed by atoms with E-state index in [0.717, 1.165) is 5.69 Å². The second kappa shape index (κ2) is 13.9. The van der Waals surface area contributed by atoms with Crippen LogP contribution in [-0.4, -0.2) is 35.8 Å². The van der Waals surface area contributed by atoms with Crippen LogP contribution in [-0.2, 0) is 11.9 Å². The summed E-state index contributed by atoms with van der Waals surface area (Å²) >= 11 is 29.6. The third kappa shape index (κ3) is 8.39. The first-order valence-corrected chi connectivity index (χ1v) is 12.5. The molecule has 0 saturated heterocycles. The number of halogens is 5. The van der Waals surface area contributed by atoms with E-state index in [4.69, 9.17) is 77.1 Å². The Morgan fingerprint density at radius 3 is 2.36 bits per heavy atom. The molecule has 3 aromatic rings. The van der Waals surface area contributed by atoms with Crippen LogP contribution in [0.25, 0.3) is 0 Å². The van der Waals surface area contributed by atoms with Crippen LogP contribution in [0.3, 0.4) is 0 Å². The summed E-state index contributed by atoms with van der Waals surface area (Å²) < 4.78 is 18.9. The lowest BCUT2D eigenvalue weighted by atomic mass is 10.3. The van der Waals surface area contributed by atoms with Gasteiger partial charge in [-0.1, -0.05) is 63.2 Å². The number of oxime groups is 1. The van der Waals surface area contributed by atoms with Crippen LogP contribution in [0.2, 0.25) is 15.1 Å². The Balaban J connectivity index is 1.48. The largest absolute Gasteiger partial charge is 0.490 e. The second-order valence-corrected chi connectivity index (χ2v) is 9.53. The third-order valence-electron chi connectivity index (χ3n) is 4.58. The average molecular weight is 594 g/mol. The minimum atomic E-state index is 0.112. The summed E-state index contributed by atoms with van der Waals surface area (Å²) in [5.41, 5.74) is 1.45. The summed E-state index contributed by atoms with van der Waals surface area (Å²) in [5.74, 6) is 1.98. The number of rotatable bonds is 12. The molecule has 12 heteroatoms. The van der Waals surface area contributed by atoms with Crippen molar-refractivity contribution >= 4 is 64.2 Å². The van der Waals surface area contributed by atoms with Gasteiger partial charge in [0, 0.05) is 30.6 Å². The number of ether oxygens (including phenoxy) is 3. The van der Waals surface area contributed by atoms with Gasteiger partial charge in [0.15, 0.2) is 5.75 Å². The van der Waals surface area contributed by atoms with Crippen molar-refractivity contribution in [3.63, 3.8) is 0 Å². The molecule has 0 spiro atoms. The highest BCUT2D eigenvalue weighted by Gasteiger charge is 2.14. The Morgan fingerprint density at radius 2 is 1.69 bits per heavy atom. The molecule has 0 N–H and O–H groups in total. The van der Waals surface area contributed by atoms with Crippen LogP contribution in [0, 0.1) is 6.92 Å². The van der Waals surface area contributed by atoms with Crippen LogP contribution in [0.4, 0.5) is 0 Å². The first-order chi connectivity index (χ1) is 17.2. The Hall–Kier alpha value is -2.29. The monoisotopic (exact) mass is 591 g/mol. The van der Waals surface area contributed by atoms with E-state index in [1.54, 1.807) is 54.3 Å². The lowest BCUT2D eigenvalue weighted by Gasteiger charge is -2.12. The first kappa shape index (κ1) is 28.3.